The Hall–Kier alpha value is -3.57. The molecular formula is C24H18ClN3O2. The van der Waals surface area contributed by atoms with E-state index in [2.05, 4.69) is 10.2 Å². The van der Waals surface area contributed by atoms with Crippen LogP contribution in [0.1, 0.15) is 33.2 Å². The molecule has 1 aromatic heterocycles. The number of rotatable bonds is 3. The molecule has 30 heavy (non-hydrogen) atoms. The largest absolute Gasteiger partial charge is 0.508 e. The number of carbonyl (C=O) groups excluding carboxylic acids is 1. The van der Waals surface area contributed by atoms with Gasteiger partial charge in [-0.2, -0.15) is 5.10 Å². The molecule has 148 valence electrons. The minimum Gasteiger partial charge on any atom is -0.508 e. The Labute approximate surface area is 178 Å². The maximum absolute atomic E-state index is 13.4. The number of halogens is 1. The topological polar surface area (TPSA) is 69.2 Å². The number of nitrogens with one attached hydrogen (secondary N) is 1. The summed E-state index contributed by atoms with van der Waals surface area (Å²) in [5.74, 6) is 0.0370. The molecule has 2 heterocycles. The van der Waals surface area contributed by atoms with Gasteiger partial charge in [0, 0.05) is 21.8 Å². The number of phenolic OH excluding ortho intramolecular Hbond substituents is 1. The minimum absolute atomic E-state index is 0.139. The third-order valence-corrected chi connectivity index (χ3v) is 5.66. The lowest BCUT2D eigenvalue weighted by atomic mass is 9.95. The fourth-order valence-corrected chi connectivity index (χ4v) is 4.04. The molecule has 6 heteroatoms. The number of hydrogen-bond donors (Lipinski definition) is 2. The van der Waals surface area contributed by atoms with Crippen LogP contribution in [0, 0.1) is 6.92 Å². The van der Waals surface area contributed by atoms with Crippen molar-refractivity contribution in [3.05, 3.63) is 100 Å². The molecular weight excluding hydrogens is 398 g/mol. The molecule has 0 radical (unpaired) electrons. The van der Waals surface area contributed by atoms with Crippen molar-refractivity contribution in [2.45, 2.75) is 13.0 Å². The van der Waals surface area contributed by atoms with Gasteiger partial charge >= 0.3 is 0 Å². The van der Waals surface area contributed by atoms with Crippen LogP contribution in [-0.2, 0) is 0 Å². The smallest absolute Gasteiger partial charge is 0.277 e. The Kier molecular flexibility index (Phi) is 4.33. The fraction of sp³-hybridized carbons (Fsp3) is 0.0833. The van der Waals surface area contributed by atoms with Crippen molar-refractivity contribution in [1.29, 1.82) is 0 Å². The van der Waals surface area contributed by atoms with E-state index >= 15 is 0 Å². The van der Waals surface area contributed by atoms with Crippen LogP contribution in [0.2, 0.25) is 5.02 Å². The van der Waals surface area contributed by atoms with Gasteiger partial charge in [-0.25, -0.2) is 0 Å². The van der Waals surface area contributed by atoms with Crippen LogP contribution in [-0.4, -0.2) is 21.2 Å². The highest BCUT2D eigenvalue weighted by Gasteiger charge is 2.43. The summed E-state index contributed by atoms with van der Waals surface area (Å²) in [5.41, 5.74) is 5.68. The number of aromatic hydroxyl groups is 1. The molecule has 1 atom stereocenters. The second-order valence-corrected chi connectivity index (χ2v) is 7.81. The predicted molar refractivity (Wildman–Crippen MR) is 117 cm³/mol. The molecule has 0 spiro atoms. The van der Waals surface area contributed by atoms with E-state index in [9.17, 15) is 9.90 Å². The molecule has 3 aromatic carbocycles. The number of nitrogens with zero attached hydrogens (tertiary/aromatic N) is 2. The first kappa shape index (κ1) is 18.5. The molecule has 0 saturated carbocycles. The SMILES string of the molecule is Cc1ccc(N2C(=O)c3[nH]nc(-c4ccc(Cl)cc4)c3[C@@H]2c2ccc(O)cc2)cc1. The standard InChI is InChI=1S/C24H18ClN3O2/c1-14-2-10-18(11-3-14)28-23(16-6-12-19(29)13-7-16)20-21(26-27-22(20)24(28)30)15-4-8-17(25)9-5-15/h2-13,23,29H,1H3,(H,26,27)/t23-/m0/s1. The number of anilines is 1. The lowest BCUT2D eigenvalue weighted by Gasteiger charge is -2.26. The molecule has 0 bridgehead atoms. The Morgan fingerprint density at radius 3 is 2.30 bits per heavy atom. The van der Waals surface area contributed by atoms with E-state index in [1.165, 1.54) is 0 Å². The van der Waals surface area contributed by atoms with Gasteiger partial charge in [0.1, 0.15) is 11.4 Å². The van der Waals surface area contributed by atoms with E-state index in [1.807, 2.05) is 67.6 Å². The average molecular weight is 416 g/mol. The Morgan fingerprint density at radius 2 is 1.63 bits per heavy atom. The Balaban J connectivity index is 1.71. The van der Waals surface area contributed by atoms with Crippen LogP contribution in [0.5, 0.6) is 5.75 Å². The van der Waals surface area contributed by atoms with Crippen molar-refractivity contribution in [1.82, 2.24) is 10.2 Å². The number of amides is 1. The van der Waals surface area contributed by atoms with Crippen molar-refractivity contribution in [3.63, 3.8) is 0 Å². The summed E-state index contributed by atoms with van der Waals surface area (Å²) in [6, 6.07) is 21.8. The van der Waals surface area contributed by atoms with Gasteiger partial charge in [0.05, 0.1) is 11.7 Å². The van der Waals surface area contributed by atoms with Crippen molar-refractivity contribution < 1.29 is 9.90 Å². The van der Waals surface area contributed by atoms with Gasteiger partial charge in [-0.1, -0.05) is 53.6 Å². The van der Waals surface area contributed by atoms with E-state index < -0.39 is 0 Å². The van der Waals surface area contributed by atoms with Crippen LogP contribution in [0.25, 0.3) is 11.3 Å². The molecule has 1 aliphatic heterocycles. The normalized spacial score (nSPS) is 15.5. The summed E-state index contributed by atoms with van der Waals surface area (Å²) >= 11 is 6.05. The van der Waals surface area contributed by atoms with Crippen LogP contribution >= 0.6 is 11.6 Å². The number of benzene rings is 3. The molecule has 0 saturated heterocycles. The average Bonchev–Trinajstić information content (AvgIpc) is 3.29. The van der Waals surface area contributed by atoms with E-state index in [-0.39, 0.29) is 17.7 Å². The molecule has 5 nitrogen and oxygen atoms in total. The minimum atomic E-state index is -0.375. The summed E-state index contributed by atoms with van der Waals surface area (Å²) in [6.07, 6.45) is 0. The first-order valence-corrected chi connectivity index (χ1v) is 9.94. The lowest BCUT2D eigenvalue weighted by Crippen LogP contribution is -2.29. The number of aryl methyl sites for hydroxylation is 1. The molecule has 0 unspecified atom stereocenters. The zero-order valence-electron chi connectivity index (χ0n) is 16.1. The molecule has 0 fully saturated rings. The van der Waals surface area contributed by atoms with Gasteiger partial charge in [-0.3, -0.25) is 14.8 Å². The highest BCUT2D eigenvalue weighted by Crippen LogP contribution is 2.45. The molecule has 0 aliphatic carbocycles. The van der Waals surface area contributed by atoms with Gasteiger partial charge in [0.25, 0.3) is 5.91 Å². The highest BCUT2D eigenvalue weighted by atomic mass is 35.5. The number of aromatic nitrogens is 2. The number of aromatic amines is 1. The summed E-state index contributed by atoms with van der Waals surface area (Å²) < 4.78 is 0. The van der Waals surface area contributed by atoms with Gasteiger partial charge in [0.2, 0.25) is 0 Å². The third kappa shape index (κ3) is 2.95. The number of phenols is 1. The van der Waals surface area contributed by atoms with Crippen molar-refractivity contribution in [2.24, 2.45) is 0 Å². The first-order valence-electron chi connectivity index (χ1n) is 9.56. The summed E-state index contributed by atoms with van der Waals surface area (Å²) in [6.45, 7) is 2.01. The van der Waals surface area contributed by atoms with Gasteiger partial charge < -0.3 is 5.11 Å². The maximum Gasteiger partial charge on any atom is 0.277 e. The van der Waals surface area contributed by atoms with Gasteiger partial charge in [0.15, 0.2) is 0 Å². The maximum atomic E-state index is 13.4. The second-order valence-electron chi connectivity index (χ2n) is 7.37. The first-order chi connectivity index (χ1) is 14.5. The third-order valence-electron chi connectivity index (χ3n) is 5.41. The van der Waals surface area contributed by atoms with Crippen LogP contribution in [0.3, 0.4) is 0 Å². The van der Waals surface area contributed by atoms with E-state index in [4.69, 9.17) is 11.6 Å². The lowest BCUT2D eigenvalue weighted by molar-refractivity contribution is 0.0989. The molecule has 1 amide bonds. The highest BCUT2D eigenvalue weighted by molar-refractivity contribution is 6.30. The van der Waals surface area contributed by atoms with Crippen molar-refractivity contribution in [2.75, 3.05) is 4.90 Å². The molecule has 1 aliphatic rings. The number of H-pyrrole nitrogens is 1. The molecule has 4 aromatic rings. The van der Waals surface area contributed by atoms with E-state index in [1.54, 1.807) is 17.0 Å². The second kappa shape index (κ2) is 7.04. The molecule has 5 rings (SSSR count). The zero-order chi connectivity index (χ0) is 20.8. The van der Waals surface area contributed by atoms with Crippen LogP contribution in [0.15, 0.2) is 72.8 Å². The van der Waals surface area contributed by atoms with Gasteiger partial charge in [-0.05, 0) is 48.9 Å². The zero-order valence-corrected chi connectivity index (χ0v) is 16.9. The van der Waals surface area contributed by atoms with Crippen LogP contribution < -0.4 is 4.90 Å². The van der Waals surface area contributed by atoms with Gasteiger partial charge in [-0.15, -0.1) is 0 Å². The predicted octanol–water partition coefficient (Wildman–Crippen LogP) is 5.49. The summed E-state index contributed by atoms with van der Waals surface area (Å²) in [4.78, 5) is 15.2. The number of fused-ring (bicyclic) bond motifs is 1. The number of hydrogen-bond acceptors (Lipinski definition) is 3. The Bertz CT molecular complexity index is 1230. The summed E-state index contributed by atoms with van der Waals surface area (Å²) in [5, 5.41) is 17.8. The van der Waals surface area contributed by atoms with E-state index in [0.29, 0.717) is 16.4 Å². The fourth-order valence-electron chi connectivity index (χ4n) is 3.92. The quantitative estimate of drug-likeness (QED) is 0.464. The van der Waals surface area contributed by atoms with Crippen molar-refractivity contribution in [3.8, 4) is 17.0 Å². The van der Waals surface area contributed by atoms with Crippen molar-refractivity contribution >= 4 is 23.2 Å². The van der Waals surface area contributed by atoms with E-state index in [0.717, 1.165) is 27.9 Å². The number of carbonyl (C=O) groups is 1. The molecule has 2 N–H and O–H groups in total. The summed E-state index contributed by atoms with van der Waals surface area (Å²) in [7, 11) is 0. The van der Waals surface area contributed by atoms with Crippen LogP contribution in [0.4, 0.5) is 5.69 Å². The Morgan fingerprint density at radius 1 is 0.967 bits per heavy atom. The monoisotopic (exact) mass is 415 g/mol.